The summed E-state index contributed by atoms with van der Waals surface area (Å²) >= 11 is 0. The lowest BCUT2D eigenvalue weighted by Gasteiger charge is -2.19. The molecule has 116 valence electrons. The fraction of sp³-hybridized carbons (Fsp3) is 0.333. The fourth-order valence-corrected chi connectivity index (χ4v) is 1.97. The Morgan fingerprint density at radius 1 is 1.14 bits per heavy atom. The fourth-order valence-electron chi connectivity index (χ4n) is 1.97. The Morgan fingerprint density at radius 3 is 2.45 bits per heavy atom. The summed E-state index contributed by atoms with van der Waals surface area (Å²) in [5.74, 6) is 0.618. The minimum absolute atomic E-state index is 0.134. The Bertz CT molecular complexity index is 601. The van der Waals surface area contributed by atoms with Crippen LogP contribution in [0.5, 0.6) is 5.75 Å². The zero-order valence-corrected chi connectivity index (χ0v) is 13.3. The van der Waals surface area contributed by atoms with E-state index in [0.29, 0.717) is 18.8 Å². The number of benzene rings is 1. The van der Waals surface area contributed by atoms with Crippen LogP contribution in [0, 0.1) is 0 Å². The predicted molar refractivity (Wildman–Crippen MR) is 87.2 cm³/mol. The molecule has 1 amide bonds. The molecule has 0 aliphatic rings. The number of hydrogen-bond acceptors (Lipinski definition) is 3. The summed E-state index contributed by atoms with van der Waals surface area (Å²) in [5.41, 5.74) is 1.81. The molecule has 2 rings (SSSR count). The van der Waals surface area contributed by atoms with Crippen LogP contribution < -0.4 is 10.1 Å². The Labute approximate surface area is 131 Å². The lowest BCUT2D eigenvalue weighted by atomic mass is 9.87. The lowest BCUT2D eigenvalue weighted by Crippen LogP contribution is -2.28. The van der Waals surface area contributed by atoms with E-state index in [1.165, 1.54) is 5.56 Å². The third-order valence-corrected chi connectivity index (χ3v) is 3.27. The standard InChI is InChI=1S/C18H22N2O2/c1-18(2,3)14-7-9-15(10-8-14)22-13-12-20-17(21)16-6-4-5-11-19-16/h4-11H,12-13H2,1-3H3,(H,20,21). The van der Waals surface area contributed by atoms with Gasteiger partial charge in [-0.15, -0.1) is 0 Å². The van der Waals surface area contributed by atoms with Gasteiger partial charge in [-0.1, -0.05) is 39.0 Å². The average Bonchev–Trinajstić information content (AvgIpc) is 2.52. The van der Waals surface area contributed by atoms with E-state index in [1.807, 2.05) is 12.1 Å². The number of rotatable bonds is 5. The van der Waals surface area contributed by atoms with Crippen molar-refractivity contribution in [1.82, 2.24) is 10.3 Å². The molecule has 1 heterocycles. The van der Waals surface area contributed by atoms with E-state index in [9.17, 15) is 4.79 Å². The van der Waals surface area contributed by atoms with Crippen LogP contribution in [0.4, 0.5) is 0 Å². The molecule has 0 fully saturated rings. The van der Waals surface area contributed by atoms with Crippen LogP contribution in [0.25, 0.3) is 0 Å². The van der Waals surface area contributed by atoms with Crippen molar-refractivity contribution in [3.8, 4) is 5.75 Å². The molecule has 4 heteroatoms. The maximum atomic E-state index is 11.8. The number of amides is 1. The van der Waals surface area contributed by atoms with E-state index in [-0.39, 0.29) is 11.3 Å². The zero-order chi connectivity index (χ0) is 16.0. The van der Waals surface area contributed by atoms with Crippen molar-refractivity contribution >= 4 is 5.91 Å². The van der Waals surface area contributed by atoms with Crippen LogP contribution in [-0.2, 0) is 5.41 Å². The molecule has 0 spiro atoms. The van der Waals surface area contributed by atoms with Crippen LogP contribution in [-0.4, -0.2) is 24.0 Å². The van der Waals surface area contributed by atoms with E-state index < -0.39 is 0 Å². The second-order valence-electron chi connectivity index (χ2n) is 6.09. The molecule has 0 aliphatic carbocycles. The van der Waals surface area contributed by atoms with Crippen molar-refractivity contribution in [3.63, 3.8) is 0 Å². The second-order valence-corrected chi connectivity index (χ2v) is 6.09. The first kappa shape index (κ1) is 16.0. The molecular weight excluding hydrogens is 276 g/mol. The number of aromatic nitrogens is 1. The summed E-state index contributed by atoms with van der Waals surface area (Å²) in [6.45, 7) is 7.39. The Morgan fingerprint density at radius 2 is 1.86 bits per heavy atom. The molecule has 0 aliphatic heterocycles. The normalized spacial score (nSPS) is 11.0. The molecule has 0 atom stereocenters. The summed E-state index contributed by atoms with van der Waals surface area (Å²) in [7, 11) is 0. The van der Waals surface area contributed by atoms with Gasteiger partial charge in [0, 0.05) is 6.20 Å². The van der Waals surface area contributed by atoms with Gasteiger partial charge in [-0.25, -0.2) is 0 Å². The van der Waals surface area contributed by atoms with Crippen molar-refractivity contribution in [2.24, 2.45) is 0 Å². The van der Waals surface area contributed by atoms with Gasteiger partial charge in [0.05, 0.1) is 6.54 Å². The van der Waals surface area contributed by atoms with Crippen LogP contribution >= 0.6 is 0 Å². The van der Waals surface area contributed by atoms with Crippen molar-refractivity contribution in [3.05, 3.63) is 59.9 Å². The molecular formula is C18H22N2O2. The summed E-state index contributed by atoms with van der Waals surface area (Å²) in [6.07, 6.45) is 1.60. The van der Waals surface area contributed by atoms with Gasteiger partial charge in [0.1, 0.15) is 18.1 Å². The van der Waals surface area contributed by atoms with Crippen molar-refractivity contribution in [2.75, 3.05) is 13.2 Å². The van der Waals surface area contributed by atoms with E-state index in [1.54, 1.807) is 24.4 Å². The number of carbonyl (C=O) groups is 1. The van der Waals surface area contributed by atoms with Crippen LogP contribution in [0.1, 0.15) is 36.8 Å². The van der Waals surface area contributed by atoms with Crippen molar-refractivity contribution < 1.29 is 9.53 Å². The monoisotopic (exact) mass is 298 g/mol. The predicted octanol–water partition coefficient (Wildman–Crippen LogP) is 3.19. The van der Waals surface area contributed by atoms with E-state index in [4.69, 9.17) is 4.74 Å². The highest BCUT2D eigenvalue weighted by Gasteiger charge is 2.12. The highest BCUT2D eigenvalue weighted by molar-refractivity contribution is 5.92. The summed E-state index contributed by atoms with van der Waals surface area (Å²) in [6, 6.07) is 13.3. The molecule has 0 saturated heterocycles. The molecule has 0 saturated carbocycles. The third-order valence-electron chi connectivity index (χ3n) is 3.27. The molecule has 0 radical (unpaired) electrons. The first-order valence-electron chi connectivity index (χ1n) is 7.39. The summed E-state index contributed by atoms with van der Waals surface area (Å²) < 4.78 is 5.62. The molecule has 22 heavy (non-hydrogen) atoms. The van der Waals surface area contributed by atoms with E-state index >= 15 is 0 Å². The molecule has 2 aromatic rings. The number of pyridine rings is 1. The first-order chi connectivity index (χ1) is 10.5. The number of hydrogen-bond donors (Lipinski definition) is 1. The van der Waals surface area contributed by atoms with Crippen LogP contribution in [0.3, 0.4) is 0 Å². The molecule has 0 bridgehead atoms. The number of ether oxygens (including phenoxy) is 1. The molecule has 0 unspecified atom stereocenters. The minimum atomic E-state index is -0.188. The zero-order valence-electron chi connectivity index (χ0n) is 13.3. The maximum Gasteiger partial charge on any atom is 0.269 e. The summed E-state index contributed by atoms with van der Waals surface area (Å²) in [5, 5.41) is 2.78. The second kappa shape index (κ2) is 7.07. The van der Waals surface area contributed by atoms with Gasteiger partial charge in [0.25, 0.3) is 5.91 Å². The van der Waals surface area contributed by atoms with E-state index in [0.717, 1.165) is 5.75 Å². The smallest absolute Gasteiger partial charge is 0.269 e. The van der Waals surface area contributed by atoms with E-state index in [2.05, 4.69) is 43.2 Å². The molecule has 4 nitrogen and oxygen atoms in total. The first-order valence-corrected chi connectivity index (χ1v) is 7.39. The average molecular weight is 298 g/mol. The minimum Gasteiger partial charge on any atom is -0.492 e. The van der Waals surface area contributed by atoms with Gasteiger partial charge in [0.15, 0.2) is 0 Å². The van der Waals surface area contributed by atoms with Crippen molar-refractivity contribution in [1.29, 1.82) is 0 Å². The molecule has 1 aromatic heterocycles. The van der Waals surface area contributed by atoms with Gasteiger partial charge in [0.2, 0.25) is 0 Å². The molecule has 1 N–H and O–H groups in total. The summed E-state index contributed by atoms with van der Waals surface area (Å²) in [4.78, 5) is 15.8. The number of nitrogens with zero attached hydrogens (tertiary/aromatic N) is 1. The van der Waals surface area contributed by atoms with Crippen LogP contribution in [0.2, 0.25) is 0 Å². The third kappa shape index (κ3) is 4.58. The van der Waals surface area contributed by atoms with Gasteiger partial charge in [-0.05, 0) is 35.2 Å². The highest BCUT2D eigenvalue weighted by Crippen LogP contribution is 2.24. The molecule has 1 aromatic carbocycles. The Kier molecular flexibility index (Phi) is 5.15. The van der Waals surface area contributed by atoms with Crippen LogP contribution in [0.15, 0.2) is 48.7 Å². The Balaban J connectivity index is 1.76. The number of carbonyl (C=O) groups excluding carboxylic acids is 1. The van der Waals surface area contributed by atoms with Gasteiger partial charge in [-0.2, -0.15) is 0 Å². The van der Waals surface area contributed by atoms with Gasteiger partial charge in [-0.3, -0.25) is 9.78 Å². The van der Waals surface area contributed by atoms with Crippen molar-refractivity contribution in [2.45, 2.75) is 26.2 Å². The highest BCUT2D eigenvalue weighted by atomic mass is 16.5. The van der Waals surface area contributed by atoms with Gasteiger partial charge < -0.3 is 10.1 Å². The topological polar surface area (TPSA) is 51.2 Å². The Hall–Kier alpha value is -2.36. The number of nitrogens with one attached hydrogen (secondary N) is 1. The quantitative estimate of drug-likeness (QED) is 0.863. The maximum absolute atomic E-state index is 11.8. The SMILES string of the molecule is CC(C)(C)c1ccc(OCCNC(=O)c2ccccn2)cc1. The largest absolute Gasteiger partial charge is 0.492 e. The lowest BCUT2D eigenvalue weighted by molar-refractivity contribution is 0.0942. The van der Waals surface area contributed by atoms with Gasteiger partial charge >= 0.3 is 0 Å².